The van der Waals surface area contributed by atoms with E-state index in [1.807, 2.05) is 0 Å². The van der Waals surface area contributed by atoms with Crippen LogP contribution in [0.25, 0.3) is 0 Å². The van der Waals surface area contributed by atoms with Crippen molar-refractivity contribution in [2.24, 2.45) is 0 Å². The molecule has 0 saturated carbocycles. The molecule has 0 radical (unpaired) electrons. The van der Waals surface area contributed by atoms with E-state index < -0.39 is 11.6 Å². The third-order valence-corrected chi connectivity index (χ3v) is 1.34. The van der Waals surface area contributed by atoms with E-state index in [-0.39, 0.29) is 35.3 Å². The van der Waals surface area contributed by atoms with Gasteiger partial charge in [0.05, 0.1) is 5.56 Å². The molecule has 0 saturated heterocycles. The fraction of sp³-hybridized carbons (Fsp3) is 0.125. The lowest BCUT2D eigenvalue weighted by Gasteiger charge is -2.00. The zero-order valence-corrected chi connectivity index (χ0v) is 8.73. The summed E-state index contributed by atoms with van der Waals surface area (Å²) in [7, 11) is 0. The van der Waals surface area contributed by atoms with Crippen LogP contribution in [0.2, 0.25) is 0 Å². The van der Waals surface area contributed by atoms with Gasteiger partial charge < -0.3 is 5.41 Å². The first-order valence-electron chi connectivity index (χ1n) is 3.12. The molecule has 0 unspecified atom stereocenters. The summed E-state index contributed by atoms with van der Waals surface area (Å²) in [5.41, 5.74) is -0.340. The monoisotopic (exact) mass is 283 g/mol. The third-order valence-electron chi connectivity index (χ3n) is 1.34. The molecular formula is C8H8F2IN. The first kappa shape index (κ1) is 11.5. The van der Waals surface area contributed by atoms with Crippen LogP contribution in [0.4, 0.5) is 8.78 Å². The van der Waals surface area contributed by atoms with Gasteiger partial charge in [-0.3, -0.25) is 0 Å². The summed E-state index contributed by atoms with van der Waals surface area (Å²) in [4.78, 5) is 0. The van der Waals surface area contributed by atoms with Crippen molar-refractivity contribution in [2.45, 2.75) is 6.92 Å². The molecule has 1 aromatic carbocycles. The summed E-state index contributed by atoms with van der Waals surface area (Å²) in [5, 5.41) is 7.04. The van der Waals surface area contributed by atoms with Gasteiger partial charge in [-0.1, -0.05) is 6.07 Å². The van der Waals surface area contributed by atoms with Gasteiger partial charge in [0, 0.05) is 5.71 Å². The topological polar surface area (TPSA) is 23.9 Å². The Bertz CT molecular complexity index is 279. The summed E-state index contributed by atoms with van der Waals surface area (Å²) in [6.45, 7) is 1.35. The summed E-state index contributed by atoms with van der Waals surface area (Å²) < 4.78 is 25.4. The van der Waals surface area contributed by atoms with Crippen LogP contribution in [-0.4, -0.2) is 5.71 Å². The SMILES string of the molecule is CC(=N)c1c(F)cccc1F.I. The van der Waals surface area contributed by atoms with E-state index >= 15 is 0 Å². The van der Waals surface area contributed by atoms with Crippen molar-refractivity contribution in [3.8, 4) is 0 Å². The molecule has 0 aliphatic heterocycles. The highest BCUT2D eigenvalue weighted by Gasteiger charge is 2.08. The Kier molecular flexibility index (Phi) is 4.30. The van der Waals surface area contributed by atoms with Crippen LogP contribution >= 0.6 is 24.0 Å². The fourth-order valence-corrected chi connectivity index (χ4v) is 0.856. The van der Waals surface area contributed by atoms with Crippen LogP contribution in [0, 0.1) is 17.0 Å². The molecule has 0 aromatic heterocycles. The van der Waals surface area contributed by atoms with Crippen LogP contribution in [0.3, 0.4) is 0 Å². The van der Waals surface area contributed by atoms with Gasteiger partial charge in [0.1, 0.15) is 11.6 Å². The highest BCUT2D eigenvalue weighted by atomic mass is 127. The molecule has 0 heterocycles. The van der Waals surface area contributed by atoms with Crippen molar-refractivity contribution in [1.29, 1.82) is 5.41 Å². The lowest BCUT2D eigenvalue weighted by molar-refractivity contribution is 0.578. The van der Waals surface area contributed by atoms with Crippen LogP contribution in [-0.2, 0) is 0 Å². The van der Waals surface area contributed by atoms with Crippen LogP contribution in [0.15, 0.2) is 18.2 Å². The van der Waals surface area contributed by atoms with Gasteiger partial charge in [-0.15, -0.1) is 24.0 Å². The quantitative estimate of drug-likeness (QED) is 0.605. The fourth-order valence-electron chi connectivity index (χ4n) is 0.856. The first-order chi connectivity index (χ1) is 5.13. The molecule has 1 rings (SSSR count). The van der Waals surface area contributed by atoms with Gasteiger partial charge in [-0.25, -0.2) is 8.78 Å². The summed E-state index contributed by atoms with van der Waals surface area (Å²) >= 11 is 0. The molecule has 12 heavy (non-hydrogen) atoms. The van der Waals surface area contributed by atoms with Crippen molar-refractivity contribution in [3.63, 3.8) is 0 Å². The van der Waals surface area contributed by atoms with E-state index in [9.17, 15) is 8.78 Å². The Labute approximate surface area is 86.3 Å². The van der Waals surface area contributed by atoms with E-state index in [0.29, 0.717) is 0 Å². The number of halogens is 3. The predicted molar refractivity (Wildman–Crippen MR) is 54.3 cm³/mol. The van der Waals surface area contributed by atoms with Crippen LogP contribution in [0.1, 0.15) is 12.5 Å². The van der Waals surface area contributed by atoms with Gasteiger partial charge in [0.2, 0.25) is 0 Å². The Balaban J connectivity index is 0.00000121. The highest BCUT2D eigenvalue weighted by Crippen LogP contribution is 2.11. The lowest BCUT2D eigenvalue weighted by Crippen LogP contribution is -2.00. The van der Waals surface area contributed by atoms with E-state index in [4.69, 9.17) is 5.41 Å². The molecular weight excluding hydrogens is 275 g/mol. The van der Waals surface area contributed by atoms with Crippen molar-refractivity contribution in [2.75, 3.05) is 0 Å². The van der Waals surface area contributed by atoms with E-state index in [1.54, 1.807) is 0 Å². The van der Waals surface area contributed by atoms with Crippen LogP contribution < -0.4 is 0 Å². The van der Waals surface area contributed by atoms with Crippen molar-refractivity contribution in [3.05, 3.63) is 35.4 Å². The van der Waals surface area contributed by atoms with E-state index in [0.717, 1.165) is 12.1 Å². The molecule has 0 amide bonds. The predicted octanol–water partition coefficient (Wildman–Crippen LogP) is 2.97. The van der Waals surface area contributed by atoms with Gasteiger partial charge in [-0.05, 0) is 19.1 Å². The molecule has 0 spiro atoms. The number of rotatable bonds is 1. The normalized spacial score (nSPS) is 8.92. The lowest BCUT2D eigenvalue weighted by atomic mass is 10.1. The molecule has 4 heteroatoms. The van der Waals surface area contributed by atoms with Gasteiger partial charge >= 0.3 is 0 Å². The average Bonchev–Trinajstić information content (AvgIpc) is 1.85. The van der Waals surface area contributed by atoms with Gasteiger partial charge in [0.15, 0.2) is 0 Å². The van der Waals surface area contributed by atoms with Crippen molar-refractivity contribution in [1.82, 2.24) is 0 Å². The Hall–Kier alpha value is -0.520. The van der Waals surface area contributed by atoms with Gasteiger partial charge in [-0.2, -0.15) is 0 Å². The average molecular weight is 283 g/mol. The molecule has 1 nitrogen and oxygen atoms in total. The minimum Gasteiger partial charge on any atom is -0.305 e. The maximum Gasteiger partial charge on any atom is 0.135 e. The number of nitrogens with one attached hydrogen (secondary N) is 1. The second-order valence-electron chi connectivity index (χ2n) is 2.22. The number of hydrogen-bond donors (Lipinski definition) is 1. The minimum atomic E-state index is -0.683. The zero-order valence-electron chi connectivity index (χ0n) is 6.40. The molecule has 66 valence electrons. The Morgan fingerprint density at radius 1 is 1.25 bits per heavy atom. The molecule has 0 atom stereocenters. The Morgan fingerprint density at radius 3 is 1.92 bits per heavy atom. The summed E-state index contributed by atoms with van der Waals surface area (Å²) in [6, 6.07) is 3.55. The smallest absolute Gasteiger partial charge is 0.135 e. The zero-order chi connectivity index (χ0) is 8.43. The molecule has 1 N–H and O–H groups in total. The van der Waals surface area contributed by atoms with Crippen molar-refractivity contribution < 1.29 is 8.78 Å². The minimum absolute atomic E-state index is 0. The first-order valence-corrected chi connectivity index (χ1v) is 3.12. The van der Waals surface area contributed by atoms with Crippen LogP contribution in [0.5, 0.6) is 0 Å². The second-order valence-corrected chi connectivity index (χ2v) is 2.22. The molecule has 1 aromatic rings. The number of hydrogen-bond acceptors (Lipinski definition) is 1. The third kappa shape index (κ3) is 2.23. The Morgan fingerprint density at radius 2 is 1.67 bits per heavy atom. The molecule has 0 bridgehead atoms. The molecule has 0 aliphatic rings. The van der Waals surface area contributed by atoms with E-state index in [2.05, 4.69) is 0 Å². The maximum absolute atomic E-state index is 12.7. The second kappa shape index (κ2) is 4.49. The van der Waals surface area contributed by atoms with E-state index in [1.165, 1.54) is 13.0 Å². The van der Waals surface area contributed by atoms with Gasteiger partial charge in [0.25, 0.3) is 0 Å². The maximum atomic E-state index is 12.7. The summed E-state index contributed by atoms with van der Waals surface area (Å²) in [5.74, 6) is -1.37. The molecule has 0 aliphatic carbocycles. The summed E-state index contributed by atoms with van der Waals surface area (Å²) in [6.07, 6.45) is 0. The number of benzene rings is 1. The standard InChI is InChI=1S/C8H7F2N.HI/c1-5(11)8-6(9)3-2-4-7(8)10;/h2-4,11H,1H3;1H. The molecule has 0 fully saturated rings. The van der Waals surface area contributed by atoms with Crippen molar-refractivity contribution >= 4 is 29.7 Å². The largest absolute Gasteiger partial charge is 0.305 e. The highest BCUT2D eigenvalue weighted by molar-refractivity contribution is 14.0.